The normalized spacial score (nSPS) is 15.7. The minimum Gasteiger partial charge on any atom is -0.507 e. The van der Waals surface area contributed by atoms with E-state index >= 15 is 0 Å². The number of phenolic OH excluding ortho intramolecular Hbond substituents is 1. The number of carbonyl (C=O) groups excluding carboxylic acids is 1. The molecule has 0 radical (unpaired) electrons. The SMILES string of the molecule is CCCCCN1C(=O)c2[nH]nc(-c3cc(C)cc(C)c3O)c2C1c1cccc(Cl)c1. The van der Waals surface area contributed by atoms with E-state index in [0.29, 0.717) is 28.5 Å². The van der Waals surface area contributed by atoms with Crippen LogP contribution < -0.4 is 0 Å². The van der Waals surface area contributed by atoms with E-state index in [4.69, 9.17) is 11.6 Å². The van der Waals surface area contributed by atoms with Crippen LogP contribution in [0.15, 0.2) is 36.4 Å². The van der Waals surface area contributed by atoms with Crippen LogP contribution in [0.1, 0.15) is 65.0 Å². The Morgan fingerprint density at radius 1 is 1.20 bits per heavy atom. The summed E-state index contributed by atoms with van der Waals surface area (Å²) in [6.07, 6.45) is 3.07. The number of hydrogen-bond acceptors (Lipinski definition) is 3. The number of aryl methyl sites for hydroxylation is 2. The van der Waals surface area contributed by atoms with Gasteiger partial charge in [-0.3, -0.25) is 9.89 Å². The van der Waals surface area contributed by atoms with Crippen LogP contribution in [0.25, 0.3) is 11.3 Å². The summed E-state index contributed by atoms with van der Waals surface area (Å²) >= 11 is 6.29. The van der Waals surface area contributed by atoms with Gasteiger partial charge in [0.05, 0.1) is 6.04 Å². The predicted molar refractivity (Wildman–Crippen MR) is 119 cm³/mol. The molecule has 3 aromatic rings. The Morgan fingerprint density at radius 2 is 2.00 bits per heavy atom. The monoisotopic (exact) mass is 423 g/mol. The Balaban J connectivity index is 1.88. The minimum absolute atomic E-state index is 0.0614. The van der Waals surface area contributed by atoms with Gasteiger partial charge < -0.3 is 10.0 Å². The van der Waals surface area contributed by atoms with E-state index in [1.54, 1.807) is 0 Å². The molecule has 0 aliphatic carbocycles. The van der Waals surface area contributed by atoms with E-state index in [2.05, 4.69) is 17.1 Å². The summed E-state index contributed by atoms with van der Waals surface area (Å²) in [5.74, 6) is 0.130. The smallest absolute Gasteiger partial charge is 0.273 e. The van der Waals surface area contributed by atoms with Gasteiger partial charge in [-0.05, 0) is 55.2 Å². The molecule has 6 heteroatoms. The van der Waals surface area contributed by atoms with Crippen molar-refractivity contribution >= 4 is 17.5 Å². The van der Waals surface area contributed by atoms with E-state index in [-0.39, 0.29) is 17.7 Å². The van der Waals surface area contributed by atoms with Gasteiger partial charge in [0.2, 0.25) is 0 Å². The van der Waals surface area contributed by atoms with Crippen LogP contribution in [-0.4, -0.2) is 32.7 Å². The summed E-state index contributed by atoms with van der Waals surface area (Å²) in [5, 5.41) is 18.8. The number of hydrogen-bond donors (Lipinski definition) is 2. The van der Waals surface area contributed by atoms with E-state index in [1.165, 1.54) is 0 Å². The zero-order chi connectivity index (χ0) is 21.4. The maximum Gasteiger partial charge on any atom is 0.273 e. The number of halogens is 1. The molecule has 1 aromatic heterocycles. The first-order valence-corrected chi connectivity index (χ1v) is 10.8. The molecule has 2 N–H and O–H groups in total. The molecule has 1 atom stereocenters. The van der Waals surface area contributed by atoms with Crippen LogP contribution in [0.3, 0.4) is 0 Å². The number of unbranched alkanes of at least 4 members (excludes halogenated alkanes) is 2. The molecule has 30 heavy (non-hydrogen) atoms. The molecule has 1 unspecified atom stereocenters. The number of aromatic nitrogens is 2. The fraction of sp³-hybridized carbons (Fsp3) is 0.333. The third-order valence-corrected chi connectivity index (χ3v) is 5.97. The second kappa shape index (κ2) is 8.15. The number of nitrogens with zero attached hydrogens (tertiary/aromatic N) is 2. The number of aromatic amines is 1. The van der Waals surface area contributed by atoms with Gasteiger partial charge in [0.25, 0.3) is 5.91 Å². The number of aromatic hydroxyl groups is 1. The number of phenols is 1. The number of H-pyrrole nitrogens is 1. The molecule has 0 saturated carbocycles. The summed E-state index contributed by atoms with van der Waals surface area (Å²) < 4.78 is 0. The van der Waals surface area contributed by atoms with E-state index < -0.39 is 0 Å². The molecule has 0 bridgehead atoms. The molecule has 0 saturated heterocycles. The fourth-order valence-corrected chi connectivity index (χ4v) is 4.53. The Bertz CT molecular complexity index is 1110. The third kappa shape index (κ3) is 3.47. The molecular formula is C24H26ClN3O2. The second-order valence-electron chi connectivity index (χ2n) is 8.00. The topological polar surface area (TPSA) is 69.2 Å². The zero-order valence-electron chi connectivity index (χ0n) is 17.5. The van der Waals surface area contributed by atoms with E-state index in [9.17, 15) is 9.90 Å². The standard InChI is InChI=1S/C24H26ClN3O2/c1-4-5-6-10-28-22(16-8-7-9-17(25)13-16)19-20(26-27-21(19)24(28)30)18-12-14(2)11-15(3)23(18)29/h7-9,11-13,22,29H,4-6,10H2,1-3H3,(H,26,27). The van der Waals surface area contributed by atoms with Crippen LogP contribution in [0.2, 0.25) is 5.02 Å². The fourth-order valence-electron chi connectivity index (χ4n) is 4.33. The van der Waals surface area contributed by atoms with Crippen molar-refractivity contribution in [3.05, 3.63) is 69.4 Å². The molecular weight excluding hydrogens is 398 g/mol. The van der Waals surface area contributed by atoms with E-state index in [1.807, 2.05) is 55.1 Å². The summed E-state index contributed by atoms with van der Waals surface area (Å²) in [6.45, 7) is 6.66. The number of carbonyl (C=O) groups is 1. The first-order valence-electron chi connectivity index (χ1n) is 10.4. The molecule has 5 nitrogen and oxygen atoms in total. The Morgan fingerprint density at radius 3 is 2.73 bits per heavy atom. The van der Waals surface area contributed by atoms with Crippen LogP contribution in [0.4, 0.5) is 0 Å². The number of benzene rings is 2. The lowest BCUT2D eigenvalue weighted by atomic mass is 9.94. The first-order chi connectivity index (χ1) is 14.4. The minimum atomic E-state index is -0.294. The third-order valence-electron chi connectivity index (χ3n) is 5.73. The molecule has 4 rings (SSSR count). The average molecular weight is 424 g/mol. The van der Waals surface area contributed by atoms with Crippen LogP contribution in [0, 0.1) is 13.8 Å². The summed E-state index contributed by atoms with van der Waals surface area (Å²) in [6, 6.07) is 11.2. The largest absolute Gasteiger partial charge is 0.507 e. The van der Waals surface area contributed by atoms with Crippen LogP contribution in [-0.2, 0) is 0 Å². The maximum atomic E-state index is 13.3. The zero-order valence-corrected chi connectivity index (χ0v) is 18.3. The lowest BCUT2D eigenvalue weighted by Crippen LogP contribution is -2.30. The van der Waals surface area contributed by atoms with Gasteiger partial charge in [0.1, 0.15) is 17.1 Å². The maximum absolute atomic E-state index is 13.3. The number of nitrogens with one attached hydrogen (secondary N) is 1. The van der Waals surface area contributed by atoms with Gasteiger partial charge in [-0.2, -0.15) is 5.10 Å². The lowest BCUT2D eigenvalue weighted by Gasteiger charge is -2.26. The predicted octanol–water partition coefficient (Wildman–Crippen LogP) is 5.79. The molecule has 2 heterocycles. The van der Waals surface area contributed by atoms with Crippen molar-refractivity contribution in [1.29, 1.82) is 0 Å². The highest BCUT2D eigenvalue weighted by molar-refractivity contribution is 6.30. The average Bonchev–Trinajstić information content (AvgIpc) is 3.24. The number of amides is 1. The Labute approximate surface area is 181 Å². The van der Waals surface area contributed by atoms with Crippen molar-refractivity contribution in [2.24, 2.45) is 0 Å². The first kappa shape index (κ1) is 20.5. The number of fused-ring (bicyclic) bond motifs is 1. The van der Waals surface area contributed by atoms with Gasteiger partial charge in [0, 0.05) is 22.7 Å². The molecule has 1 amide bonds. The molecule has 0 fully saturated rings. The van der Waals surface area contributed by atoms with Crippen molar-refractivity contribution < 1.29 is 9.90 Å². The van der Waals surface area contributed by atoms with Gasteiger partial charge >= 0.3 is 0 Å². The van der Waals surface area contributed by atoms with Crippen molar-refractivity contribution in [3.63, 3.8) is 0 Å². The van der Waals surface area contributed by atoms with Gasteiger partial charge in [-0.15, -0.1) is 0 Å². The Kier molecular flexibility index (Phi) is 5.56. The highest BCUT2D eigenvalue weighted by Crippen LogP contribution is 2.45. The van der Waals surface area contributed by atoms with Gasteiger partial charge in [0.15, 0.2) is 0 Å². The summed E-state index contributed by atoms with van der Waals surface area (Å²) in [4.78, 5) is 15.2. The molecule has 156 valence electrons. The summed E-state index contributed by atoms with van der Waals surface area (Å²) in [7, 11) is 0. The second-order valence-corrected chi connectivity index (χ2v) is 8.44. The van der Waals surface area contributed by atoms with Crippen molar-refractivity contribution in [2.45, 2.75) is 46.1 Å². The van der Waals surface area contributed by atoms with Crippen molar-refractivity contribution in [3.8, 4) is 17.0 Å². The number of rotatable bonds is 6. The summed E-state index contributed by atoms with van der Waals surface area (Å²) in [5.41, 5.74) is 5.30. The molecule has 1 aliphatic heterocycles. The lowest BCUT2D eigenvalue weighted by molar-refractivity contribution is 0.0740. The van der Waals surface area contributed by atoms with Crippen LogP contribution >= 0.6 is 11.6 Å². The quantitative estimate of drug-likeness (QED) is 0.493. The Hall–Kier alpha value is -2.79. The van der Waals surface area contributed by atoms with Crippen molar-refractivity contribution in [1.82, 2.24) is 15.1 Å². The van der Waals surface area contributed by atoms with Crippen molar-refractivity contribution in [2.75, 3.05) is 6.54 Å². The highest BCUT2D eigenvalue weighted by atomic mass is 35.5. The van der Waals surface area contributed by atoms with E-state index in [0.717, 1.165) is 41.5 Å². The highest BCUT2D eigenvalue weighted by Gasteiger charge is 2.42. The van der Waals surface area contributed by atoms with Crippen LogP contribution in [0.5, 0.6) is 5.75 Å². The molecule has 2 aromatic carbocycles. The van der Waals surface area contributed by atoms with Gasteiger partial charge in [-0.25, -0.2) is 0 Å². The molecule has 0 spiro atoms. The molecule has 1 aliphatic rings. The van der Waals surface area contributed by atoms with Gasteiger partial charge in [-0.1, -0.05) is 49.6 Å².